The van der Waals surface area contributed by atoms with Gasteiger partial charge in [-0.05, 0) is 0 Å². The third-order valence-electron chi connectivity index (χ3n) is 2.00. The van der Waals surface area contributed by atoms with Crippen LogP contribution in [0.1, 0.15) is 0 Å². The van der Waals surface area contributed by atoms with Gasteiger partial charge >= 0.3 is 0 Å². The van der Waals surface area contributed by atoms with Crippen molar-refractivity contribution in [1.29, 1.82) is 0 Å². The predicted octanol–water partition coefficient (Wildman–Crippen LogP) is 0.525. The number of aromatic hydroxyl groups is 1. The Balaban J connectivity index is 2.02. The number of imidazole rings is 2. The van der Waals surface area contributed by atoms with Crippen LogP contribution in [-0.4, -0.2) is 35.0 Å². The van der Waals surface area contributed by atoms with E-state index in [1.165, 1.54) is 6.33 Å². The lowest BCUT2D eigenvalue weighted by molar-refractivity contribution is 0.458. The molecule has 0 unspecified atom stereocenters. The molecule has 3 aromatic rings. The number of nitrogens with zero attached hydrogens (tertiary/aromatic N) is 4. The van der Waals surface area contributed by atoms with Gasteiger partial charge in [-0.3, -0.25) is 5.32 Å². The van der Waals surface area contributed by atoms with Gasteiger partial charge in [0.15, 0.2) is 5.65 Å². The van der Waals surface area contributed by atoms with Gasteiger partial charge < -0.3 is 15.1 Å². The molecule has 3 heterocycles. The zero-order valence-electron chi connectivity index (χ0n) is 7.97. The lowest BCUT2D eigenvalue weighted by Gasteiger charge is -1.95. The monoisotopic (exact) mass is 217 g/mol. The summed E-state index contributed by atoms with van der Waals surface area (Å²) in [5, 5.41) is 12.3. The minimum atomic E-state index is -0.134. The third-order valence-corrected chi connectivity index (χ3v) is 2.00. The molecule has 80 valence electrons. The molecule has 0 atom stereocenters. The quantitative estimate of drug-likeness (QED) is 0.497. The van der Waals surface area contributed by atoms with Crippen molar-refractivity contribution in [3.05, 3.63) is 18.7 Å². The number of hydrogen-bond donors (Lipinski definition) is 4. The Morgan fingerprint density at radius 2 is 2.12 bits per heavy atom. The van der Waals surface area contributed by atoms with E-state index in [2.05, 4.69) is 35.2 Å². The van der Waals surface area contributed by atoms with Gasteiger partial charge in [-0.1, -0.05) is 0 Å². The smallest absolute Gasteiger partial charge is 0.240 e. The van der Waals surface area contributed by atoms with Crippen LogP contribution in [0.4, 0.5) is 11.9 Å². The summed E-state index contributed by atoms with van der Waals surface area (Å²) in [6.07, 6.45) is 4.54. The van der Waals surface area contributed by atoms with Crippen molar-refractivity contribution >= 4 is 23.1 Å². The normalized spacial score (nSPS) is 10.8. The first-order valence-corrected chi connectivity index (χ1v) is 4.49. The fourth-order valence-corrected chi connectivity index (χ4v) is 1.32. The maximum Gasteiger partial charge on any atom is 0.240 e. The zero-order chi connectivity index (χ0) is 11.0. The fourth-order valence-electron chi connectivity index (χ4n) is 1.32. The molecule has 0 aliphatic heterocycles. The van der Waals surface area contributed by atoms with Crippen molar-refractivity contribution in [2.24, 2.45) is 0 Å². The average molecular weight is 217 g/mol. The van der Waals surface area contributed by atoms with E-state index in [9.17, 15) is 5.11 Å². The Bertz CT molecular complexity index is 614. The summed E-state index contributed by atoms with van der Waals surface area (Å²) in [7, 11) is 0. The molecule has 0 aliphatic carbocycles. The first-order valence-electron chi connectivity index (χ1n) is 4.49. The van der Waals surface area contributed by atoms with Crippen molar-refractivity contribution in [3.63, 3.8) is 0 Å². The van der Waals surface area contributed by atoms with E-state index >= 15 is 0 Å². The molecule has 0 aromatic carbocycles. The summed E-state index contributed by atoms with van der Waals surface area (Å²) in [5.74, 6) is 0.845. The number of aromatic nitrogens is 6. The third kappa shape index (κ3) is 1.32. The molecule has 3 aromatic heterocycles. The van der Waals surface area contributed by atoms with Crippen LogP contribution in [0, 0.1) is 0 Å². The molecular formula is C8H7N7O. The average Bonchev–Trinajstić information content (AvgIpc) is 2.88. The number of aromatic amines is 2. The number of anilines is 2. The van der Waals surface area contributed by atoms with Crippen LogP contribution in [0.25, 0.3) is 11.2 Å². The molecular weight excluding hydrogens is 210 g/mol. The van der Waals surface area contributed by atoms with Crippen LogP contribution in [0.15, 0.2) is 18.7 Å². The number of nitrogens with one attached hydrogen (secondary N) is 3. The first-order chi connectivity index (χ1) is 7.83. The summed E-state index contributed by atoms with van der Waals surface area (Å²) in [6.45, 7) is 0. The molecule has 8 nitrogen and oxygen atoms in total. The van der Waals surface area contributed by atoms with Crippen LogP contribution < -0.4 is 5.32 Å². The molecule has 0 saturated heterocycles. The van der Waals surface area contributed by atoms with Crippen LogP contribution in [0.2, 0.25) is 0 Å². The standard InChI is InChI=1S/C8H7N7O/c16-6-4-5(11-3-12-6)14-8(13-4)15-7-9-1-2-10-7/h1-3H,(H4,9,10,11,12,13,14,15,16). The Labute approximate surface area is 88.8 Å². The molecule has 3 rings (SSSR count). The summed E-state index contributed by atoms with van der Waals surface area (Å²) in [6, 6.07) is 0. The fraction of sp³-hybridized carbons (Fsp3) is 0. The zero-order valence-corrected chi connectivity index (χ0v) is 7.97. The second-order valence-electron chi connectivity index (χ2n) is 3.04. The summed E-state index contributed by atoms with van der Waals surface area (Å²) >= 11 is 0. The van der Waals surface area contributed by atoms with Crippen LogP contribution in [0.3, 0.4) is 0 Å². The molecule has 16 heavy (non-hydrogen) atoms. The number of fused-ring (bicyclic) bond motifs is 1. The van der Waals surface area contributed by atoms with E-state index in [1.807, 2.05) is 0 Å². The van der Waals surface area contributed by atoms with Crippen molar-refractivity contribution < 1.29 is 5.11 Å². The van der Waals surface area contributed by atoms with E-state index < -0.39 is 0 Å². The first kappa shape index (κ1) is 8.65. The van der Waals surface area contributed by atoms with Crippen LogP contribution >= 0.6 is 0 Å². The summed E-state index contributed by atoms with van der Waals surface area (Å²) in [5.41, 5.74) is 0.776. The largest absolute Gasteiger partial charge is 0.492 e. The van der Waals surface area contributed by atoms with Gasteiger partial charge in [0.2, 0.25) is 17.8 Å². The summed E-state index contributed by atoms with van der Waals surface area (Å²) < 4.78 is 0. The Kier molecular flexibility index (Phi) is 1.72. The van der Waals surface area contributed by atoms with Gasteiger partial charge in [0.05, 0.1) is 0 Å². The van der Waals surface area contributed by atoms with Crippen molar-refractivity contribution in [3.8, 4) is 5.88 Å². The highest BCUT2D eigenvalue weighted by atomic mass is 16.3. The predicted molar refractivity (Wildman–Crippen MR) is 55.2 cm³/mol. The molecule has 0 saturated carbocycles. The maximum absolute atomic E-state index is 9.44. The molecule has 0 fully saturated rings. The van der Waals surface area contributed by atoms with E-state index in [-0.39, 0.29) is 5.88 Å². The Morgan fingerprint density at radius 3 is 2.88 bits per heavy atom. The highest BCUT2D eigenvalue weighted by Gasteiger charge is 2.08. The molecule has 4 N–H and O–H groups in total. The number of rotatable bonds is 2. The Morgan fingerprint density at radius 1 is 1.19 bits per heavy atom. The molecule has 0 aliphatic rings. The molecule has 0 radical (unpaired) electrons. The lowest BCUT2D eigenvalue weighted by Crippen LogP contribution is -1.93. The van der Waals surface area contributed by atoms with E-state index in [0.29, 0.717) is 23.1 Å². The van der Waals surface area contributed by atoms with Crippen molar-refractivity contribution in [2.45, 2.75) is 0 Å². The minimum absolute atomic E-state index is 0.134. The second-order valence-corrected chi connectivity index (χ2v) is 3.04. The number of H-pyrrole nitrogens is 2. The van der Waals surface area contributed by atoms with Gasteiger partial charge in [0.25, 0.3) is 0 Å². The van der Waals surface area contributed by atoms with E-state index in [4.69, 9.17) is 0 Å². The van der Waals surface area contributed by atoms with E-state index in [0.717, 1.165) is 0 Å². The topological polar surface area (TPSA) is 115 Å². The molecule has 0 bridgehead atoms. The van der Waals surface area contributed by atoms with Gasteiger partial charge in [-0.15, -0.1) is 0 Å². The molecule has 0 spiro atoms. The van der Waals surface area contributed by atoms with Gasteiger partial charge in [-0.25, -0.2) is 9.97 Å². The van der Waals surface area contributed by atoms with Crippen molar-refractivity contribution in [1.82, 2.24) is 29.9 Å². The Hall–Kier alpha value is -2.64. The second kappa shape index (κ2) is 3.19. The summed E-state index contributed by atoms with van der Waals surface area (Å²) in [4.78, 5) is 21.3. The lowest BCUT2D eigenvalue weighted by atomic mass is 10.5. The SMILES string of the molecule is Oc1ncnc2nc(Nc3ncc[nH]3)[nH]c12. The maximum atomic E-state index is 9.44. The van der Waals surface area contributed by atoms with Crippen LogP contribution in [0.5, 0.6) is 5.88 Å². The number of hydrogen-bond acceptors (Lipinski definition) is 6. The molecule has 8 heteroatoms. The van der Waals surface area contributed by atoms with Gasteiger partial charge in [-0.2, -0.15) is 9.97 Å². The highest BCUT2D eigenvalue weighted by molar-refractivity contribution is 5.78. The highest BCUT2D eigenvalue weighted by Crippen LogP contribution is 2.19. The van der Waals surface area contributed by atoms with E-state index in [1.54, 1.807) is 12.4 Å². The minimum Gasteiger partial charge on any atom is -0.492 e. The molecule has 0 amide bonds. The van der Waals surface area contributed by atoms with Gasteiger partial charge in [0, 0.05) is 12.4 Å². The van der Waals surface area contributed by atoms with Crippen LogP contribution in [-0.2, 0) is 0 Å². The van der Waals surface area contributed by atoms with Gasteiger partial charge in [0.1, 0.15) is 11.8 Å². The van der Waals surface area contributed by atoms with Crippen molar-refractivity contribution in [2.75, 3.05) is 5.32 Å².